The average molecular weight is 745 g/mol. The molecule has 0 N–H and O–H groups in total. The number of carbonyl (C=O) groups excluding carboxylic acids is 6. The number of furan rings is 1. The van der Waals surface area contributed by atoms with Crippen molar-refractivity contribution in [3.63, 3.8) is 0 Å². The molecule has 16 heteroatoms. The van der Waals surface area contributed by atoms with Crippen LogP contribution in [-0.4, -0.2) is 89.6 Å². The minimum atomic E-state index is -2.18. The Morgan fingerprint density at radius 2 is 1.51 bits per heavy atom. The van der Waals surface area contributed by atoms with E-state index in [2.05, 4.69) is 0 Å². The Kier molecular flexibility index (Phi) is 7.19. The van der Waals surface area contributed by atoms with Gasteiger partial charge >= 0.3 is 35.8 Å². The molecule has 7 aliphatic rings. The van der Waals surface area contributed by atoms with E-state index in [4.69, 9.17) is 47.0 Å². The first-order valence-electron chi connectivity index (χ1n) is 17.8. The van der Waals surface area contributed by atoms with Crippen LogP contribution in [0.1, 0.15) is 92.7 Å². The second kappa shape index (κ2) is 10.6. The van der Waals surface area contributed by atoms with Gasteiger partial charge in [-0.05, 0) is 24.8 Å². The van der Waals surface area contributed by atoms with Crippen molar-refractivity contribution in [2.75, 3.05) is 7.11 Å². The predicted octanol–water partition coefficient (Wildman–Crippen LogP) is 2.98. The summed E-state index contributed by atoms with van der Waals surface area (Å²) in [7, 11) is 1.24. The van der Waals surface area contributed by atoms with Crippen LogP contribution in [-0.2, 0) is 71.4 Å². The maximum atomic E-state index is 14.0. The molecular weight excluding hydrogens is 700 g/mol. The quantitative estimate of drug-likeness (QED) is 0.291. The molecule has 53 heavy (non-hydrogen) atoms. The van der Waals surface area contributed by atoms with Crippen LogP contribution >= 0.6 is 0 Å². The molecule has 2 spiro atoms. The summed E-state index contributed by atoms with van der Waals surface area (Å²) in [5.41, 5.74) is -11.5. The Bertz CT molecular complexity index is 1840. The first kappa shape index (κ1) is 36.0. The number of hydrogen-bond acceptors (Lipinski definition) is 16. The summed E-state index contributed by atoms with van der Waals surface area (Å²) in [6.07, 6.45) is -3.11. The van der Waals surface area contributed by atoms with Gasteiger partial charge < -0.3 is 47.0 Å². The fourth-order valence-electron chi connectivity index (χ4n) is 13.2. The topological polar surface area (TPSA) is 199 Å². The number of hydrogen-bond donors (Lipinski definition) is 0. The number of ether oxygens (including phenoxy) is 9. The fraction of sp³-hybridized carbons (Fsp3) is 0.730. The second-order valence-electron chi connectivity index (χ2n) is 16.6. The van der Waals surface area contributed by atoms with E-state index in [0.29, 0.717) is 5.56 Å². The first-order chi connectivity index (χ1) is 24.7. The Hall–Kier alpha value is -4.02. The zero-order valence-electron chi connectivity index (χ0n) is 31.1. The molecule has 3 saturated heterocycles. The number of esters is 6. The summed E-state index contributed by atoms with van der Waals surface area (Å²) in [5.74, 6) is -8.26. The highest BCUT2D eigenvalue weighted by Crippen LogP contribution is 2.90. The zero-order chi connectivity index (χ0) is 38.5. The molecule has 288 valence electrons. The van der Waals surface area contributed by atoms with E-state index in [9.17, 15) is 28.8 Å². The SMILES string of the molecule is COC(=O)CC1C2(C)CC34OC5(C)OC6(C7CC(=O)OC(c8ccoc8)C7(C)CC(OC(C)=O)C6(O5)C13C)C(OC(C)=O)C4(OC(C)=O)C2OC(C)=O. The average Bonchev–Trinajstić information content (AvgIpc) is 3.74. The smallest absolute Gasteiger partial charge is 0.306 e. The lowest BCUT2D eigenvalue weighted by Crippen LogP contribution is -2.96. The van der Waals surface area contributed by atoms with Crippen LogP contribution in [0, 0.1) is 28.1 Å². The lowest BCUT2D eigenvalue weighted by atomic mass is 9.32. The van der Waals surface area contributed by atoms with Gasteiger partial charge in [-0.3, -0.25) is 28.8 Å². The number of methoxy groups -OCH3 is 1. The molecule has 1 aromatic heterocycles. The Morgan fingerprint density at radius 3 is 2.09 bits per heavy atom. The van der Waals surface area contributed by atoms with Crippen molar-refractivity contribution in [3.8, 4) is 0 Å². The lowest BCUT2D eigenvalue weighted by molar-refractivity contribution is -0.486. The summed E-state index contributed by atoms with van der Waals surface area (Å²) in [4.78, 5) is 81.2. The Labute approximate surface area is 304 Å². The lowest BCUT2D eigenvalue weighted by Gasteiger charge is -2.78. The van der Waals surface area contributed by atoms with E-state index in [1.165, 1.54) is 54.3 Å². The van der Waals surface area contributed by atoms with Crippen LogP contribution < -0.4 is 0 Å². The van der Waals surface area contributed by atoms with Crippen molar-refractivity contribution >= 4 is 35.8 Å². The van der Waals surface area contributed by atoms with Crippen molar-refractivity contribution < 1.29 is 75.8 Å². The summed E-state index contributed by atoms with van der Waals surface area (Å²) in [5, 5.41) is 0. The number of carbonyl (C=O) groups is 6. The van der Waals surface area contributed by atoms with E-state index in [1.807, 2.05) is 6.92 Å². The summed E-state index contributed by atoms with van der Waals surface area (Å²) < 4.78 is 63.7. The number of rotatable bonds is 7. The summed E-state index contributed by atoms with van der Waals surface area (Å²) in [6, 6.07) is 1.65. The van der Waals surface area contributed by atoms with Crippen molar-refractivity contribution in [3.05, 3.63) is 24.2 Å². The van der Waals surface area contributed by atoms with E-state index >= 15 is 0 Å². The molecule has 4 bridgehead atoms. The molecule has 7 fully saturated rings. The number of cyclic esters (lactones) is 1. The molecule has 8 rings (SSSR count). The minimum absolute atomic E-state index is 0.0182. The van der Waals surface area contributed by atoms with Crippen LogP contribution in [0.4, 0.5) is 0 Å². The minimum Gasteiger partial charge on any atom is -0.472 e. The van der Waals surface area contributed by atoms with Crippen molar-refractivity contribution in [1.29, 1.82) is 0 Å². The largest absolute Gasteiger partial charge is 0.472 e. The van der Waals surface area contributed by atoms with Crippen molar-refractivity contribution in [1.82, 2.24) is 0 Å². The summed E-state index contributed by atoms with van der Waals surface area (Å²) in [6.45, 7) is 11.7. The molecule has 14 atom stereocenters. The molecule has 16 nitrogen and oxygen atoms in total. The van der Waals surface area contributed by atoms with Gasteiger partial charge in [-0.2, -0.15) is 0 Å². The van der Waals surface area contributed by atoms with Crippen LogP contribution in [0.15, 0.2) is 23.0 Å². The standard InChI is InChI=1S/C37H44O16/c1-17(38)46-24-14-30(5)23(13-26(43)49-27(30)21-10-11-45-15-21)35-29(48-19(3)40)36(50-20(4)41)28(47-18(2)39)31(6)16-34(36)32(7,22(31)12-25(42)44-9)37(24,35)53-33(8,51-34)52-35/h10-11,15,22-24,27-29H,12-14,16H2,1-9H3. The van der Waals surface area contributed by atoms with Gasteiger partial charge in [0.15, 0.2) is 23.4 Å². The normalized spacial score (nSPS) is 49.3. The van der Waals surface area contributed by atoms with Crippen LogP contribution in [0.3, 0.4) is 0 Å². The van der Waals surface area contributed by atoms with Crippen molar-refractivity contribution in [2.45, 2.75) is 134 Å². The third-order valence-electron chi connectivity index (χ3n) is 14.0. The molecule has 14 unspecified atom stereocenters. The molecule has 1 aromatic rings. The van der Waals surface area contributed by atoms with Crippen LogP contribution in [0.25, 0.3) is 0 Å². The molecule has 0 radical (unpaired) electrons. The maximum absolute atomic E-state index is 14.0. The predicted molar refractivity (Wildman–Crippen MR) is 170 cm³/mol. The number of fused-ring (bicyclic) bond motifs is 3. The second-order valence-corrected chi connectivity index (χ2v) is 16.6. The van der Waals surface area contributed by atoms with Gasteiger partial charge in [0.25, 0.3) is 5.97 Å². The maximum Gasteiger partial charge on any atom is 0.306 e. The molecule has 4 aliphatic carbocycles. The highest BCUT2D eigenvalue weighted by molar-refractivity contribution is 5.76. The molecular formula is C37H44O16. The molecule has 4 heterocycles. The molecule has 3 aliphatic heterocycles. The highest BCUT2D eigenvalue weighted by Gasteiger charge is 3.06. The van der Waals surface area contributed by atoms with E-state index in [1.54, 1.807) is 19.9 Å². The van der Waals surface area contributed by atoms with Gasteiger partial charge in [0.1, 0.15) is 17.8 Å². The Morgan fingerprint density at radius 1 is 0.849 bits per heavy atom. The third-order valence-corrected chi connectivity index (χ3v) is 14.0. The van der Waals surface area contributed by atoms with E-state index in [0.717, 1.165) is 0 Å². The highest BCUT2D eigenvalue weighted by atomic mass is 16.9. The fourth-order valence-corrected chi connectivity index (χ4v) is 13.2. The Balaban J connectivity index is 1.55. The zero-order valence-corrected chi connectivity index (χ0v) is 31.1. The van der Waals surface area contributed by atoms with Crippen molar-refractivity contribution in [2.24, 2.45) is 28.1 Å². The molecule has 0 aromatic carbocycles. The van der Waals surface area contributed by atoms with E-state index in [-0.39, 0.29) is 25.7 Å². The van der Waals surface area contributed by atoms with E-state index < -0.39 is 117 Å². The third kappa shape index (κ3) is 3.82. The first-order valence-corrected chi connectivity index (χ1v) is 17.8. The summed E-state index contributed by atoms with van der Waals surface area (Å²) >= 11 is 0. The van der Waals surface area contributed by atoms with Gasteiger partial charge in [0.05, 0.1) is 26.1 Å². The van der Waals surface area contributed by atoms with Crippen LogP contribution in [0.5, 0.6) is 0 Å². The van der Waals surface area contributed by atoms with Gasteiger partial charge in [-0.25, -0.2) is 0 Å². The monoisotopic (exact) mass is 744 g/mol. The van der Waals surface area contributed by atoms with Gasteiger partial charge in [0.2, 0.25) is 5.60 Å². The van der Waals surface area contributed by atoms with Gasteiger partial charge in [-0.15, -0.1) is 0 Å². The molecule has 0 amide bonds. The molecule has 4 saturated carbocycles. The van der Waals surface area contributed by atoms with Gasteiger partial charge in [0, 0.05) is 68.8 Å². The van der Waals surface area contributed by atoms with Gasteiger partial charge in [-0.1, -0.05) is 20.8 Å². The van der Waals surface area contributed by atoms with Crippen LogP contribution in [0.2, 0.25) is 0 Å².